The Hall–Kier alpha value is -2.05. The van der Waals surface area contributed by atoms with E-state index in [0.29, 0.717) is 5.56 Å². The van der Waals surface area contributed by atoms with Gasteiger partial charge in [-0.25, -0.2) is 4.79 Å². The summed E-state index contributed by atoms with van der Waals surface area (Å²) in [5.41, 5.74) is 0.416. The van der Waals surface area contributed by atoms with E-state index >= 15 is 0 Å². The van der Waals surface area contributed by atoms with Gasteiger partial charge in [0, 0.05) is 13.1 Å². The molecule has 0 saturated carbocycles. The number of nitrogens with zero attached hydrogens (tertiary/aromatic N) is 1. The van der Waals surface area contributed by atoms with Crippen LogP contribution in [-0.2, 0) is 11.2 Å². The Balaban J connectivity index is 1.99. The first kappa shape index (κ1) is 16.3. The predicted molar refractivity (Wildman–Crippen MR) is 72.5 cm³/mol. The molecule has 1 aliphatic heterocycles. The third-order valence-corrected chi connectivity index (χ3v) is 3.90. The van der Waals surface area contributed by atoms with Gasteiger partial charge in [0.25, 0.3) is 0 Å². The van der Waals surface area contributed by atoms with Crippen LogP contribution in [0.1, 0.15) is 28.8 Å². The summed E-state index contributed by atoms with van der Waals surface area (Å²) in [6.07, 6.45) is -4.53. The second-order valence-electron chi connectivity index (χ2n) is 5.34. The zero-order valence-electron chi connectivity index (χ0n) is 11.8. The molecule has 1 amide bonds. The number of hydrogen-bond acceptors (Lipinski definition) is 2. The second kappa shape index (κ2) is 6.37. The Morgan fingerprint density at radius 2 is 1.77 bits per heavy atom. The molecule has 2 rings (SSSR count). The molecule has 0 unspecified atom stereocenters. The van der Waals surface area contributed by atoms with Crippen molar-refractivity contribution >= 4 is 11.9 Å². The molecule has 1 aromatic rings. The van der Waals surface area contributed by atoms with Crippen LogP contribution in [0.4, 0.5) is 13.2 Å². The number of piperidine rings is 1. The molecule has 1 saturated heterocycles. The van der Waals surface area contributed by atoms with Crippen molar-refractivity contribution in [3.8, 4) is 0 Å². The third kappa shape index (κ3) is 3.78. The number of benzene rings is 1. The van der Waals surface area contributed by atoms with E-state index in [1.165, 1.54) is 11.0 Å². The number of carboxylic acids is 1. The van der Waals surface area contributed by atoms with E-state index < -0.39 is 18.1 Å². The predicted octanol–water partition coefficient (Wildman–Crippen LogP) is 2.73. The van der Waals surface area contributed by atoms with Crippen LogP contribution in [0.5, 0.6) is 0 Å². The van der Waals surface area contributed by atoms with Gasteiger partial charge < -0.3 is 10.0 Å². The smallest absolute Gasteiger partial charge is 0.391 e. The summed E-state index contributed by atoms with van der Waals surface area (Å²) < 4.78 is 37.8. The molecule has 0 aromatic heterocycles. The number of amides is 1. The summed E-state index contributed by atoms with van der Waals surface area (Å²) in [6, 6.07) is 6.14. The topological polar surface area (TPSA) is 57.6 Å². The fourth-order valence-corrected chi connectivity index (χ4v) is 2.61. The first-order valence-corrected chi connectivity index (χ1v) is 6.94. The Kier molecular flexibility index (Phi) is 4.73. The van der Waals surface area contributed by atoms with E-state index in [1.807, 2.05) is 0 Å². The largest absolute Gasteiger partial charge is 0.478 e. The zero-order chi connectivity index (χ0) is 16.3. The van der Waals surface area contributed by atoms with Crippen LogP contribution in [0.15, 0.2) is 24.3 Å². The van der Waals surface area contributed by atoms with Crippen molar-refractivity contribution in [2.45, 2.75) is 25.4 Å². The highest BCUT2D eigenvalue weighted by Crippen LogP contribution is 2.34. The normalized spacial score (nSPS) is 16.6. The number of carbonyl (C=O) groups excluding carboxylic acids is 1. The molecule has 0 spiro atoms. The number of rotatable bonds is 3. The van der Waals surface area contributed by atoms with Crippen LogP contribution >= 0.6 is 0 Å². The number of halogens is 3. The lowest BCUT2D eigenvalue weighted by Crippen LogP contribution is -2.42. The zero-order valence-corrected chi connectivity index (χ0v) is 11.8. The average Bonchev–Trinajstić information content (AvgIpc) is 2.46. The Bertz CT molecular complexity index is 563. The van der Waals surface area contributed by atoms with Crippen molar-refractivity contribution in [3.05, 3.63) is 35.4 Å². The maximum atomic E-state index is 12.6. The van der Waals surface area contributed by atoms with Gasteiger partial charge in [0.1, 0.15) is 0 Å². The van der Waals surface area contributed by atoms with Crippen molar-refractivity contribution in [1.29, 1.82) is 0 Å². The van der Waals surface area contributed by atoms with E-state index in [9.17, 15) is 22.8 Å². The quantitative estimate of drug-likeness (QED) is 0.933. The molecule has 0 bridgehead atoms. The SMILES string of the molecule is O=C(O)c1ccccc1CC(=O)N1CCC(C(F)(F)F)CC1. The molecule has 0 radical (unpaired) electrons. The first-order valence-electron chi connectivity index (χ1n) is 6.94. The van der Waals surface area contributed by atoms with E-state index in [1.54, 1.807) is 18.2 Å². The fourth-order valence-electron chi connectivity index (χ4n) is 2.61. The van der Waals surface area contributed by atoms with Crippen molar-refractivity contribution in [1.82, 2.24) is 4.90 Å². The van der Waals surface area contributed by atoms with Crippen LogP contribution in [0.25, 0.3) is 0 Å². The van der Waals surface area contributed by atoms with E-state index in [-0.39, 0.29) is 43.8 Å². The highest BCUT2D eigenvalue weighted by Gasteiger charge is 2.41. The van der Waals surface area contributed by atoms with Crippen LogP contribution in [0, 0.1) is 5.92 Å². The molecule has 1 fully saturated rings. The molecule has 120 valence electrons. The monoisotopic (exact) mass is 315 g/mol. The number of carbonyl (C=O) groups is 2. The molecule has 4 nitrogen and oxygen atoms in total. The number of alkyl halides is 3. The molecule has 1 N–H and O–H groups in total. The van der Waals surface area contributed by atoms with Crippen LogP contribution in [0.3, 0.4) is 0 Å². The molecule has 0 aliphatic carbocycles. The highest BCUT2D eigenvalue weighted by atomic mass is 19.4. The van der Waals surface area contributed by atoms with E-state index in [2.05, 4.69) is 0 Å². The van der Waals surface area contributed by atoms with Gasteiger partial charge in [-0.1, -0.05) is 18.2 Å². The van der Waals surface area contributed by atoms with Crippen molar-refractivity contribution in [2.75, 3.05) is 13.1 Å². The summed E-state index contributed by atoms with van der Waals surface area (Å²) in [5.74, 6) is -2.82. The lowest BCUT2D eigenvalue weighted by atomic mass is 9.95. The standard InChI is InChI=1S/C15H16F3NO3/c16-15(17,18)11-5-7-19(8-6-11)13(20)9-10-3-1-2-4-12(10)14(21)22/h1-4,11H,5-9H2,(H,21,22). The summed E-state index contributed by atoms with van der Waals surface area (Å²) in [6.45, 7) is 0.108. The second-order valence-corrected chi connectivity index (χ2v) is 5.34. The minimum Gasteiger partial charge on any atom is -0.478 e. The minimum absolute atomic E-state index is 0.0426. The Morgan fingerprint density at radius 1 is 1.18 bits per heavy atom. The van der Waals surface area contributed by atoms with E-state index in [0.717, 1.165) is 0 Å². The summed E-state index contributed by atoms with van der Waals surface area (Å²) in [5, 5.41) is 9.06. The maximum absolute atomic E-state index is 12.6. The van der Waals surface area contributed by atoms with E-state index in [4.69, 9.17) is 5.11 Å². The van der Waals surface area contributed by atoms with Crippen LogP contribution in [-0.4, -0.2) is 41.1 Å². The number of likely N-dealkylation sites (tertiary alicyclic amines) is 1. The molecular weight excluding hydrogens is 299 g/mol. The van der Waals surface area contributed by atoms with Crippen molar-refractivity contribution in [3.63, 3.8) is 0 Å². The van der Waals surface area contributed by atoms with Gasteiger partial charge in [-0.15, -0.1) is 0 Å². The molecule has 1 heterocycles. The molecule has 0 atom stereocenters. The molecule has 1 aromatic carbocycles. The summed E-state index contributed by atoms with van der Waals surface area (Å²) in [4.78, 5) is 24.6. The van der Waals surface area contributed by atoms with Crippen molar-refractivity contribution < 1.29 is 27.9 Å². The Morgan fingerprint density at radius 3 is 2.32 bits per heavy atom. The molecule has 1 aliphatic rings. The Labute approximate surface area is 125 Å². The van der Waals surface area contributed by atoms with Gasteiger partial charge >= 0.3 is 12.1 Å². The van der Waals surface area contributed by atoms with Gasteiger partial charge in [-0.3, -0.25) is 4.79 Å². The molecular formula is C15H16F3NO3. The average molecular weight is 315 g/mol. The fraction of sp³-hybridized carbons (Fsp3) is 0.467. The first-order chi connectivity index (χ1) is 10.3. The van der Waals surface area contributed by atoms with Crippen LogP contribution in [0.2, 0.25) is 0 Å². The lowest BCUT2D eigenvalue weighted by molar-refractivity contribution is -0.186. The third-order valence-electron chi connectivity index (χ3n) is 3.90. The number of carboxylic acid groups (broad SMARTS) is 1. The van der Waals surface area contributed by atoms with Gasteiger partial charge in [-0.05, 0) is 24.5 Å². The number of hydrogen-bond donors (Lipinski definition) is 1. The van der Waals surface area contributed by atoms with Gasteiger partial charge in [0.2, 0.25) is 5.91 Å². The van der Waals surface area contributed by atoms with Gasteiger partial charge in [0.05, 0.1) is 17.9 Å². The minimum atomic E-state index is -4.22. The van der Waals surface area contributed by atoms with Gasteiger partial charge in [0.15, 0.2) is 0 Å². The summed E-state index contributed by atoms with van der Waals surface area (Å²) >= 11 is 0. The van der Waals surface area contributed by atoms with Crippen molar-refractivity contribution in [2.24, 2.45) is 5.92 Å². The highest BCUT2D eigenvalue weighted by molar-refractivity contribution is 5.91. The molecule has 7 heteroatoms. The van der Waals surface area contributed by atoms with Gasteiger partial charge in [-0.2, -0.15) is 13.2 Å². The lowest BCUT2D eigenvalue weighted by Gasteiger charge is -2.33. The number of aromatic carboxylic acids is 1. The maximum Gasteiger partial charge on any atom is 0.391 e. The molecule has 22 heavy (non-hydrogen) atoms. The summed E-state index contributed by atoms with van der Waals surface area (Å²) in [7, 11) is 0. The van der Waals surface area contributed by atoms with Crippen LogP contribution < -0.4 is 0 Å².